The van der Waals surface area contributed by atoms with Crippen LogP contribution >= 0.6 is 0 Å². The maximum Gasteiger partial charge on any atom is 0.307 e. The lowest BCUT2D eigenvalue weighted by molar-refractivity contribution is -0.136. The fourth-order valence-corrected chi connectivity index (χ4v) is 2.45. The molecule has 2 aromatic carbocycles. The molecule has 0 saturated carbocycles. The number of carboxylic acid groups (broad SMARTS) is 2. The highest BCUT2D eigenvalue weighted by molar-refractivity contribution is 5.72. The molecule has 2 rings (SSSR count). The molecule has 6 nitrogen and oxygen atoms in total. The number of ether oxygens (including phenoxy) is 1. The Kier molecular flexibility index (Phi) is 9.67. The van der Waals surface area contributed by atoms with E-state index in [1.165, 1.54) is 5.56 Å². The molecule has 2 aromatic rings. The highest BCUT2D eigenvalue weighted by Crippen LogP contribution is 2.21. The van der Waals surface area contributed by atoms with E-state index in [1.807, 2.05) is 24.3 Å². The first-order valence-corrected chi connectivity index (χ1v) is 8.20. The van der Waals surface area contributed by atoms with Gasteiger partial charge in [-0.1, -0.05) is 48.5 Å². The molecule has 0 saturated heterocycles. The van der Waals surface area contributed by atoms with Crippen molar-refractivity contribution in [3.63, 3.8) is 0 Å². The van der Waals surface area contributed by atoms with E-state index < -0.39 is 5.97 Å². The van der Waals surface area contributed by atoms with Crippen molar-refractivity contribution in [1.82, 2.24) is 5.32 Å². The molecular formula is C20H25NO5. The standard InChI is InChI=1S/C19H23NO3.CH2O2/c1-14(13-23-2)20-12-15-6-8-17(9-7-15)18-5-3-4-16(10-18)11-19(21)22;2-1-3/h3-10,14,20H,11-13H2,1-2H3,(H,21,22);1H,(H,2,3). The predicted molar refractivity (Wildman–Crippen MR) is 100 cm³/mol. The third-order valence-electron chi connectivity index (χ3n) is 3.64. The van der Waals surface area contributed by atoms with E-state index >= 15 is 0 Å². The monoisotopic (exact) mass is 359 g/mol. The molecule has 140 valence electrons. The Morgan fingerprint density at radius 3 is 2.38 bits per heavy atom. The Morgan fingerprint density at radius 2 is 1.81 bits per heavy atom. The van der Waals surface area contributed by atoms with E-state index in [1.54, 1.807) is 7.11 Å². The van der Waals surface area contributed by atoms with Crippen LogP contribution in [-0.4, -0.2) is 42.4 Å². The molecule has 0 amide bonds. The minimum absolute atomic E-state index is 0.0488. The van der Waals surface area contributed by atoms with Gasteiger partial charge in [0.05, 0.1) is 13.0 Å². The van der Waals surface area contributed by atoms with Crippen LogP contribution in [0.25, 0.3) is 11.1 Å². The molecule has 0 spiro atoms. The van der Waals surface area contributed by atoms with Gasteiger partial charge in [-0.3, -0.25) is 9.59 Å². The molecule has 1 atom stereocenters. The van der Waals surface area contributed by atoms with Crippen molar-refractivity contribution < 1.29 is 24.5 Å². The van der Waals surface area contributed by atoms with Crippen LogP contribution in [0.3, 0.4) is 0 Å². The number of hydrogen-bond donors (Lipinski definition) is 3. The summed E-state index contributed by atoms with van der Waals surface area (Å²) in [7, 11) is 1.70. The molecular weight excluding hydrogens is 334 g/mol. The van der Waals surface area contributed by atoms with Gasteiger partial charge in [0.1, 0.15) is 0 Å². The lowest BCUT2D eigenvalue weighted by atomic mass is 10.0. The zero-order chi connectivity index (χ0) is 19.4. The van der Waals surface area contributed by atoms with Gasteiger partial charge in [0.25, 0.3) is 6.47 Å². The first-order valence-electron chi connectivity index (χ1n) is 8.20. The number of carboxylic acids is 1. The van der Waals surface area contributed by atoms with Crippen molar-refractivity contribution in [2.75, 3.05) is 13.7 Å². The van der Waals surface area contributed by atoms with Crippen LogP contribution in [0.2, 0.25) is 0 Å². The highest BCUT2D eigenvalue weighted by Gasteiger charge is 2.04. The highest BCUT2D eigenvalue weighted by atomic mass is 16.5. The van der Waals surface area contributed by atoms with E-state index in [0.717, 1.165) is 23.2 Å². The second-order valence-electron chi connectivity index (χ2n) is 5.81. The average Bonchev–Trinajstić information content (AvgIpc) is 2.61. The molecule has 0 radical (unpaired) electrons. The van der Waals surface area contributed by atoms with Crippen LogP contribution in [0.1, 0.15) is 18.1 Å². The summed E-state index contributed by atoms with van der Waals surface area (Å²) in [6, 6.07) is 16.3. The molecule has 0 fully saturated rings. The number of hydrogen-bond acceptors (Lipinski definition) is 4. The smallest absolute Gasteiger partial charge is 0.307 e. The van der Waals surface area contributed by atoms with Crippen LogP contribution in [0.5, 0.6) is 0 Å². The summed E-state index contributed by atoms with van der Waals surface area (Å²) < 4.78 is 5.10. The first-order chi connectivity index (χ1) is 12.5. The van der Waals surface area contributed by atoms with Crippen molar-refractivity contribution in [2.45, 2.75) is 25.9 Å². The van der Waals surface area contributed by atoms with Crippen LogP contribution in [0, 0.1) is 0 Å². The van der Waals surface area contributed by atoms with Gasteiger partial charge in [0.2, 0.25) is 0 Å². The van der Waals surface area contributed by atoms with Gasteiger partial charge in [-0.25, -0.2) is 0 Å². The first kappa shape index (κ1) is 21.3. The normalized spacial score (nSPS) is 11.2. The predicted octanol–water partition coefficient (Wildman–Crippen LogP) is 2.81. The van der Waals surface area contributed by atoms with Gasteiger partial charge in [-0.15, -0.1) is 0 Å². The van der Waals surface area contributed by atoms with Crippen LogP contribution in [-0.2, 0) is 27.3 Å². The van der Waals surface area contributed by atoms with E-state index in [4.69, 9.17) is 19.7 Å². The maximum absolute atomic E-state index is 10.8. The number of carbonyl (C=O) groups is 2. The molecule has 6 heteroatoms. The zero-order valence-electron chi connectivity index (χ0n) is 15.0. The summed E-state index contributed by atoms with van der Waals surface area (Å²) in [5, 5.41) is 19.2. The molecule has 26 heavy (non-hydrogen) atoms. The minimum atomic E-state index is -0.811. The summed E-state index contributed by atoms with van der Waals surface area (Å²) >= 11 is 0. The van der Waals surface area contributed by atoms with Gasteiger partial charge < -0.3 is 20.3 Å². The summed E-state index contributed by atoms with van der Waals surface area (Å²) in [6.07, 6.45) is 0.0488. The second-order valence-corrected chi connectivity index (χ2v) is 5.81. The Labute approximate surface area is 153 Å². The van der Waals surface area contributed by atoms with Gasteiger partial charge in [0.15, 0.2) is 0 Å². The fraction of sp³-hybridized carbons (Fsp3) is 0.300. The number of nitrogens with one attached hydrogen (secondary N) is 1. The summed E-state index contributed by atoms with van der Waals surface area (Å²) in [6.45, 7) is 3.32. The van der Waals surface area contributed by atoms with E-state index in [0.29, 0.717) is 12.6 Å². The quantitative estimate of drug-likeness (QED) is 0.627. The van der Waals surface area contributed by atoms with E-state index in [-0.39, 0.29) is 12.9 Å². The topological polar surface area (TPSA) is 95.9 Å². The lowest BCUT2D eigenvalue weighted by Gasteiger charge is -2.13. The van der Waals surface area contributed by atoms with E-state index in [2.05, 4.69) is 36.5 Å². The Bertz CT molecular complexity index is 685. The van der Waals surface area contributed by atoms with Crippen LogP contribution in [0.15, 0.2) is 48.5 Å². The fourth-order valence-electron chi connectivity index (χ4n) is 2.45. The third kappa shape index (κ3) is 7.92. The Morgan fingerprint density at radius 1 is 1.15 bits per heavy atom. The van der Waals surface area contributed by atoms with Gasteiger partial charge in [-0.2, -0.15) is 0 Å². The zero-order valence-corrected chi connectivity index (χ0v) is 15.0. The summed E-state index contributed by atoms with van der Waals surface area (Å²) in [5.74, 6) is -0.811. The molecule has 1 unspecified atom stereocenters. The second kappa shape index (κ2) is 11.8. The van der Waals surface area contributed by atoms with Gasteiger partial charge in [0, 0.05) is 19.7 Å². The Balaban J connectivity index is 0.00000105. The summed E-state index contributed by atoms with van der Waals surface area (Å²) in [5.41, 5.74) is 4.15. The molecule has 3 N–H and O–H groups in total. The SMILES string of the molecule is COCC(C)NCc1ccc(-c2cccc(CC(=O)O)c2)cc1.O=CO. The van der Waals surface area contributed by atoms with Crippen molar-refractivity contribution in [3.05, 3.63) is 59.7 Å². The van der Waals surface area contributed by atoms with E-state index in [9.17, 15) is 4.79 Å². The number of benzene rings is 2. The molecule has 0 bridgehead atoms. The largest absolute Gasteiger partial charge is 0.483 e. The number of rotatable bonds is 8. The summed E-state index contributed by atoms with van der Waals surface area (Å²) in [4.78, 5) is 19.2. The average molecular weight is 359 g/mol. The molecule has 0 aromatic heterocycles. The minimum Gasteiger partial charge on any atom is -0.483 e. The van der Waals surface area contributed by atoms with Crippen molar-refractivity contribution >= 4 is 12.4 Å². The van der Waals surface area contributed by atoms with Gasteiger partial charge in [-0.05, 0) is 29.2 Å². The maximum atomic E-state index is 10.8. The lowest BCUT2D eigenvalue weighted by Crippen LogP contribution is -2.29. The number of methoxy groups -OCH3 is 1. The molecule has 0 aliphatic heterocycles. The molecule has 0 aliphatic rings. The van der Waals surface area contributed by atoms with Crippen molar-refractivity contribution in [1.29, 1.82) is 0 Å². The van der Waals surface area contributed by atoms with Crippen LogP contribution < -0.4 is 5.32 Å². The molecule has 0 aliphatic carbocycles. The van der Waals surface area contributed by atoms with Crippen molar-refractivity contribution in [3.8, 4) is 11.1 Å². The third-order valence-corrected chi connectivity index (χ3v) is 3.64. The van der Waals surface area contributed by atoms with Gasteiger partial charge >= 0.3 is 5.97 Å². The number of aliphatic carboxylic acids is 1. The molecule has 0 heterocycles. The Hall–Kier alpha value is -2.70. The van der Waals surface area contributed by atoms with Crippen LogP contribution in [0.4, 0.5) is 0 Å². The van der Waals surface area contributed by atoms with Crippen molar-refractivity contribution in [2.24, 2.45) is 0 Å².